The number of carbonyl (C=O) groups excluding carboxylic acids is 1. The first-order valence-electron chi connectivity index (χ1n) is 5.89. The Hall–Kier alpha value is -2.11. The van der Waals surface area contributed by atoms with E-state index >= 15 is 0 Å². The maximum atomic E-state index is 11.6. The van der Waals surface area contributed by atoms with E-state index in [1.54, 1.807) is 29.1 Å². The Bertz CT molecular complexity index is 633. The first kappa shape index (κ1) is 16.9. The monoisotopic (exact) mass is 325 g/mol. The number of pyridine rings is 1. The molecular formula is C14H13Cl2N3O2. The third-order valence-corrected chi connectivity index (χ3v) is 2.72. The van der Waals surface area contributed by atoms with Crippen LogP contribution in [-0.4, -0.2) is 17.2 Å². The van der Waals surface area contributed by atoms with Crippen LogP contribution in [0.1, 0.15) is 5.56 Å². The van der Waals surface area contributed by atoms with Gasteiger partial charge in [0.1, 0.15) is 5.75 Å². The molecule has 0 aliphatic rings. The van der Waals surface area contributed by atoms with Crippen molar-refractivity contribution in [2.75, 3.05) is 0 Å². The minimum absolute atomic E-state index is 0. The fourth-order valence-corrected chi connectivity index (χ4v) is 1.72. The van der Waals surface area contributed by atoms with E-state index < -0.39 is 0 Å². The summed E-state index contributed by atoms with van der Waals surface area (Å²) in [5, 5.41) is 13.8. The SMILES string of the molecule is O=C(C[n+]1ccccc1)N/N=C\c1cc(Cl)ccc1O.[Cl-]. The van der Waals surface area contributed by atoms with E-state index in [-0.39, 0.29) is 30.6 Å². The molecule has 0 atom stereocenters. The molecule has 1 aromatic heterocycles. The molecule has 5 nitrogen and oxygen atoms in total. The fourth-order valence-electron chi connectivity index (χ4n) is 1.54. The topological polar surface area (TPSA) is 65.6 Å². The van der Waals surface area contributed by atoms with E-state index in [2.05, 4.69) is 10.5 Å². The number of aromatic hydroxyl groups is 1. The second kappa shape index (κ2) is 8.24. The summed E-state index contributed by atoms with van der Waals surface area (Å²) in [7, 11) is 0. The van der Waals surface area contributed by atoms with Crippen LogP contribution in [0, 0.1) is 0 Å². The number of phenols is 1. The number of nitrogens with zero attached hydrogens (tertiary/aromatic N) is 2. The molecule has 110 valence electrons. The van der Waals surface area contributed by atoms with Gasteiger partial charge in [-0.2, -0.15) is 9.67 Å². The quantitative estimate of drug-likeness (QED) is 0.408. The Morgan fingerprint density at radius 1 is 1.33 bits per heavy atom. The van der Waals surface area contributed by atoms with Crippen LogP contribution >= 0.6 is 11.6 Å². The number of halogens is 2. The minimum Gasteiger partial charge on any atom is -1.00 e. The molecule has 2 aromatic rings. The number of aromatic nitrogens is 1. The number of nitrogens with one attached hydrogen (secondary N) is 1. The van der Waals surface area contributed by atoms with E-state index in [0.717, 1.165) is 0 Å². The van der Waals surface area contributed by atoms with Crippen molar-refractivity contribution in [3.8, 4) is 5.75 Å². The van der Waals surface area contributed by atoms with Crippen molar-refractivity contribution < 1.29 is 26.9 Å². The van der Waals surface area contributed by atoms with E-state index in [1.807, 2.05) is 18.2 Å². The zero-order valence-corrected chi connectivity index (χ0v) is 12.4. The highest BCUT2D eigenvalue weighted by molar-refractivity contribution is 6.30. The zero-order chi connectivity index (χ0) is 14.4. The van der Waals surface area contributed by atoms with Gasteiger partial charge in [0.15, 0.2) is 12.4 Å². The molecular weight excluding hydrogens is 313 g/mol. The fraction of sp³-hybridized carbons (Fsp3) is 0.0714. The maximum absolute atomic E-state index is 11.6. The summed E-state index contributed by atoms with van der Waals surface area (Å²) in [5.41, 5.74) is 2.82. The van der Waals surface area contributed by atoms with Crippen LogP contribution in [0.2, 0.25) is 5.02 Å². The van der Waals surface area contributed by atoms with Crippen LogP contribution in [0.5, 0.6) is 5.75 Å². The lowest BCUT2D eigenvalue weighted by atomic mass is 10.2. The number of hydrazone groups is 1. The van der Waals surface area contributed by atoms with Gasteiger partial charge in [0.2, 0.25) is 6.54 Å². The van der Waals surface area contributed by atoms with Gasteiger partial charge in [0, 0.05) is 22.7 Å². The van der Waals surface area contributed by atoms with Gasteiger partial charge < -0.3 is 17.5 Å². The lowest BCUT2D eigenvalue weighted by molar-refractivity contribution is -0.684. The molecule has 0 aliphatic heterocycles. The average Bonchev–Trinajstić information content (AvgIpc) is 2.44. The predicted molar refractivity (Wildman–Crippen MR) is 75.5 cm³/mol. The van der Waals surface area contributed by atoms with Crippen LogP contribution in [-0.2, 0) is 11.3 Å². The Kier molecular flexibility index (Phi) is 6.65. The van der Waals surface area contributed by atoms with Crippen LogP contribution < -0.4 is 22.4 Å². The highest BCUT2D eigenvalue weighted by Gasteiger charge is 2.06. The highest BCUT2D eigenvalue weighted by atomic mass is 35.5. The summed E-state index contributed by atoms with van der Waals surface area (Å²) in [6, 6.07) is 10.1. The van der Waals surface area contributed by atoms with Gasteiger partial charge in [-0.15, -0.1) is 0 Å². The van der Waals surface area contributed by atoms with Crippen molar-refractivity contribution in [3.05, 3.63) is 59.4 Å². The molecule has 0 aliphatic carbocycles. The Balaban J connectivity index is 0.00000220. The Morgan fingerprint density at radius 2 is 2.05 bits per heavy atom. The lowest BCUT2D eigenvalue weighted by Crippen LogP contribution is -3.00. The van der Waals surface area contributed by atoms with Gasteiger partial charge in [-0.3, -0.25) is 4.79 Å². The summed E-state index contributed by atoms with van der Waals surface area (Å²) in [6.45, 7) is 0.166. The Labute approximate surface area is 133 Å². The molecule has 7 heteroatoms. The molecule has 0 spiro atoms. The van der Waals surface area contributed by atoms with Crippen molar-refractivity contribution in [1.82, 2.24) is 5.43 Å². The molecule has 0 fully saturated rings. The molecule has 1 amide bonds. The summed E-state index contributed by atoms with van der Waals surface area (Å²) in [5.74, 6) is -0.219. The van der Waals surface area contributed by atoms with E-state index in [0.29, 0.717) is 10.6 Å². The maximum Gasteiger partial charge on any atom is 0.305 e. The normalized spacial score (nSPS) is 10.1. The van der Waals surface area contributed by atoms with Gasteiger partial charge in [0.05, 0.1) is 6.21 Å². The molecule has 1 aromatic carbocycles. The van der Waals surface area contributed by atoms with Crippen LogP contribution in [0.4, 0.5) is 0 Å². The average molecular weight is 326 g/mol. The summed E-state index contributed by atoms with van der Waals surface area (Å²) >= 11 is 5.80. The van der Waals surface area contributed by atoms with E-state index in [1.165, 1.54) is 12.3 Å². The number of hydrogen-bond acceptors (Lipinski definition) is 3. The van der Waals surface area contributed by atoms with Gasteiger partial charge in [0.25, 0.3) is 0 Å². The minimum atomic E-state index is -0.265. The number of benzene rings is 1. The van der Waals surface area contributed by atoms with Gasteiger partial charge in [-0.05, 0) is 18.2 Å². The summed E-state index contributed by atoms with van der Waals surface area (Å²) in [4.78, 5) is 11.6. The molecule has 2 N–H and O–H groups in total. The number of phenolic OH excluding ortho intramolecular Hbond substituents is 1. The standard InChI is InChI=1S/C14H12ClN3O2.ClH/c15-12-4-5-13(19)11(8-12)9-16-17-14(20)10-18-6-2-1-3-7-18;/h1-9H,10H2,(H-,16,17,19,20);1H. The third-order valence-electron chi connectivity index (χ3n) is 2.49. The van der Waals surface area contributed by atoms with Crippen molar-refractivity contribution in [2.45, 2.75) is 6.54 Å². The number of amides is 1. The molecule has 1 heterocycles. The van der Waals surface area contributed by atoms with Crippen LogP contribution in [0.3, 0.4) is 0 Å². The molecule has 2 rings (SSSR count). The zero-order valence-electron chi connectivity index (χ0n) is 10.9. The second-order valence-corrected chi connectivity index (χ2v) is 4.48. The van der Waals surface area contributed by atoms with E-state index in [9.17, 15) is 9.90 Å². The van der Waals surface area contributed by atoms with Crippen molar-refractivity contribution in [3.63, 3.8) is 0 Å². The number of carbonyl (C=O) groups is 1. The third kappa shape index (κ3) is 5.41. The van der Waals surface area contributed by atoms with Crippen LogP contribution in [0.15, 0.2) is 53.9 Å². The summed E-state index contributed by atoms with van der Waals surface area (Å²) < 4.78 is 1.72. The van der Waals surface area contributed by atoms with E-state index in [4.69, 9.17) is 11.6 Å². The first-order valence-corrected chi connectivity index (χ1v) is 6.27. The number of hydrogen-bond donors (Lipinski definition) is 2. The van der Waals surface area contributed by atoms with Gasteiger partial charge >= 0.3 is 5.91 Å². The van der Waals surface area contributed by atoms with Crippen molar-refractivity contribution in [1.29, 1.82) is 0 Å². The predicted octanol–water partition coefficient (Wildman–Crippen LogP) is -1.51. The number of rotatable bonds is 4. The molecule has 0 unspecified atom stereocenters. The highest BCUT2D eigenvalue weighted by Crippen LogP contribution is 2.19. The van der Waals surface area contributed by atoms with Gasteiger partial charge in [-0.1, -0.05) is 17.7 Å². The molecule has 21 heavy (non-hydrogen) atoms. The Morgan fingerprint density at radius 3 is 2.76 bits per heavy atom. The summed E-state index contributed by atoms with van der Waals surface area (Å²) in [6.07, 6.45) is 4.91. The first-order chi connectivity index (χ1) is 9.65. The van der Waals surface area contributed by atoms with Crippen molar-refractivity contribution in [2.24, 2.45) is 5.10 Å². The largest absolute Gasteiger partial charge is 1.00 e. The molecule has 0 saturated carbocycles. The van der Waals surface area contributed by atoms with Gasteiger partial charge in [-0.25, -0.2) is 5.43 Å². The molecule has 0 radical (unpaired) electrons. The van der Waals surface area contributed by atoms with Crippen molar-refractivity contribution >= 4 is 23.7 Å². The molecule has 0 bridgehead atoms. The lowest BCUT2D eigenvalue weighted by Gasteiger charge is -1.99. The van der Waals surface area contributed by atoms with Crippen LogP contribution in [0.25, 0.3) is 0 Å². The molecule has 0 saturated heterocycles. The second-order valence-electron chi connectivity index (χ2n) is 4.04. The smallest absolute Gasteiger partial charge is 0.305 e.